The first-order chi connectivity index (χ1) is 11.9. The van der Waals surface area contributed by atoms with E-state index in [0.29, 0.717) is 9.47 Å². The van der Waals surface area contributed by atoms with Crippen molar-refractivity contribution >= 4 is 51.8 Å². The third kappa shape index (κ3) is 4.90. The van der Waals surface area contributed by atoms with Gasteiger partial charge in [-0.05, 0) is 18.2 Å². The minimum absolute atomic E-state index is 0.0255. The van der Waals surface area contributed by atoms with E-state index in [2.05, 4.69) is 25.0 Å². The van der Waals surface area contributed by atoms with E-state index in [1.807, 2.05) is 0 Å². The lowest BCUT2D eigenvalue weighted by molar-refractivity contribution is -0.113. The Morgan fingerprint density at radius 1 is 1.20 bits per heavy atom. The monoisotopic (exact) mass is 382 g/mol. The van der Waals surface area contributed by atoms with Gasteiger partial charge in [0.1, 0.15) is 0 Å². The van der Waals surface area contributed by atoms with Crippen molar-refractivity contribution in [2.24, 2.45) is 0 Å². The Bertz CT molecular complexity index is 808. The summed E-state index contributed by atoms with van der Waals surface area (Å²) in [5.74, 6) is -1.61. The first kappa shape index (κ1) is 18.7. The number of nitrogens with one attached hydrogen (secondary N) is 1. The highest BCUT2D eigenvalue weighted by Crippen LogP contribution is 2.24. The molecule has 3 N–H and O–H groups in total. The van der Waals surface area contributed by atoms with E-state index in [1.165, 1.54) is 32.4 Å². The van der Waals surface area contributed by atoms with Gasteiger partial charge in [0.05, 0.1) is 36.8 Å². The number of nitrogens with two attached hydrogens (primary N) is 1. The summed E-state index contributed by atoms with van der Waals surface area (Å²) in [6.07, 6.45) is 0. The minimum Gasteiger partial charge on any atom is -0.465 e. The van der Waals surface area contributed by atoms with Crippen LogP contribution in [0.5, 0.6) is 0 Å². The quantitative estimate of drug-likeness (QED) is 0.562. The van der Waals surface area contributed by atoms with Crippen molar-refractivity contribution in [1.29, 1.82) is 0 Å². The summed E-state index contributed by atoms with van der Waals surface area (Å²) < 4.78 is 9.85. The van der Waals surface area contributed by atoms with Gasteiger partial charge in [0, 0.05) is 0 Å². The number of thioether (sulfide) groups is 1. The zero-order chi connectivity index (χ0) is 18.4. The van der Waals surface area contributed by atoms with Crippen molar-refractivity contribution in [1.82, 2.24) is 10.2 Å². The molecule has 25 heavy (non-hydrogen) atoms. The number of methoxy groups -OCH3 is 2. The number of ether oxygens (including phenoxy) is 2. The zero-order valence-corrected chi connectivity index (χ0v) is 14.9. The van der Waals surface area contributed by atoms with Crippen molar-refractivity contribution in [2.45, 2.75) is 4.34 Å². The molecule has 1 aromatic heterocycles. The van der Waals surface area contributed by atoms with Gasteiger partial charge in [0.25, 0.3) is 0 Å². The van der Waals surface area contributed by atoms with E-state index in [-0.39, 0.29) is 22.6 Å². The van der Waals surface area contributed by atoms with Crippen molar-refractivity contribution < 1.29 is 23.9 Å². The Hall–Kier alpha value is -2.66. The molecule has 0 aliphatic heterocycles. The summed E-state index contributed by atoms with van der Waals surface area (Å²) in [5, 5.41) is 10.3. The highest BCUT2D eigenvalue weighted by Gasteiger charge is 2.17. The molecule has 1 heterocycles. The maximum absolute atomic E-state index is 12.1. The number of hydrogen-bond donors (Lipinski definition) is 2. The highest BCUT2D eigenvalue weighted by molar-refractivity contribution is 8.01. The number of anilines is 2. The largest absolute Gasteiger partial charge is 0.465 e. The van der Waals surface area contributed by atoms with Crippen LogP contribution in [0.15, 0.2) is 22.5 Å². The Labute approximate surface area is 150 Å². The van der Waals surface area contributed by atoms with Crippen LogP contribution in [0, 0.1) is 0 Å². The number of nitrogen functional groups attached to an aromatic ring is 1. The third-order valence-electron chi connectivity index (χ3n) is 2.87. The molecule has 0 fully saturated rings. The van der Waals surface area contributed by atoms with Gasteiger partial charge < -0.3 is 20.5 Å². The van der Waals surface area contributed by atoms with Gasteiger partial charge in [-0.1, -0.05) is 23.1 Å². The van der Waals surface area contributed by atoms with E-state index in [0.717, 1.165) is 23.1 Å². The SMILES string of the molecule is COC(=O)c1ccc(C(=O)OC)c(NC(=O)CSc2nnc(N)s2)c1. The first-order valence-corrected chi connectivity index (χ1v) is 8.57. The fourth-order valence-electron chi connectivity index (χ4n) is 1.77. The normalized spacial score (nSPS) is 10.2. The van der Waals surface area contributed by atoms with Crippen LogP contribution in [-0.4, -0.2) is 48.0 Å². The maximum atomic E-state index is 12.1. The molecule has 0 bridgehead atoms. The van der Waals surface area contributed by atoms with Crippen molar-refractivity contribution in [3.05, 3.63) is 29.3 Å². The molecule has 0 spiro atoms. The number of hydrogen-bond acceptors (Lipinski definition) is 10. The summed E-state index contributed by atoms with van der Waals surface area (Å²) >= 11 is 2.31. The first-order valence-electron chi connectivity index (χ1n) is 6.77. The Morgan fingerprint density at radius 3 is 2.52 bits per heavy atom. The number of aromatic nitrogens is 2. The fraction of sp³-hybridized carbons (Fsp3) is 0.214. The molecule has 1 amide bonds. The second kappa shape index (κ2) is 8.44. The van der Waals surface area contributed by atoms with Gasteiger partial charge in [-0.25, -0.2) is 9.59 Å². The van der Waals surface area contributed by atoms with E-state index in [4.69, 9.17) is 5.73 Å². The van der Waals surface area contributed by atoms with Crippen LogP contribution >= 0.6 is 23.1 Å². The highest BCUT2D eigenvalue weighted by atomic mass is 32.2. The van der Waals surface area contributed by atoms with Crippen LogP contribution in [-0.2, 0) is 14.3 Å². The number of carbonyl (C=O) groups is 3. The molecule has 132 valence electrons. The van der Waals surface area contributed by atoms with Crippen LogP contribution in [0.3, 0.4) is 0 Å². The lowest BCUT2D eigenvalue weighted by Crippen LogP contribution is -2.18. The molecular weight excluding hydrogens is 368 g/mol. The molecule has 0 unspecified atom stereocenters. The molecule has 0 atom stereocenters. The van der Waals surface area contributed by atoms with Crippen LogP contribution in [0.25, 0.3) is 0 Å². The Balaban J connectivity index is 2.15. The van der Waals surface area contributed by atoms with Gasteiger partial charge in [-0.2, -0.15) is 0 Å². The molecule has 1 aromatic carbocycles. The number of amides is 1. The standard InChI is InChI=1S/C14H14N4O5S2/c1-22-11(20)7-3-4-8(12(21)23-2)9(5-7)16-10(19)6-24-14-18-17-13(15)25-14/h3-5H,6H2,1-2H3,(H2,15,17)(H,16,19). The number of benzene rings is 1. The lowest BCUT2D eigenvalue weighted by atomic mass is 10.1. The predicted octanol–water partition coefficient (Wildman–Crippen LogP) is 1.42. The van der Waals surface area contributed by atoms with Crippen molar-refractivity contribution in [3.8, 4) is 0 Å². The number of rotatable bonds is 6. The summed E-state index contributed by atoms with van der Waals surface area (Å²) in [4.78, 5) is 35.6. The van der Waals surface area contributed by atoms with E-state index in [9.17, 15) is 14.4 Å². The summed E-state index contributed by atoms with van der Waals surface area (Å²) in [5.41, 5.74) is 5.93. The molecule has 2 rings (SSSR count). The summed E-state index contributed by atoms with van der Waals surface area (Å²) in [6, 6.07) is 4.14. The van der Waals surface area contributed by atoms with Crippen LogP contribution in [0.4, 0.5) is 10.8 Å². The molecular formula is C14H14N4O5S2. The van der Waals surface area contributed by atoms with Gasteiger partial charge >= 0.3 is 11.9 Å². The molecule has 0 saturated heterocycles. The van der Waals surface area contributed by atoms with Crippen LogP contribution < -0.4 is 11.1 Å². The average molecular weight is 382 g/mol. The molecule has 2 aromatic rings. The van der Waals surface area contributed by atoms with E-state index in [1.54, 1.807) is 0 Å². The van der Waals surface area contributed by atoms with Gasteiger partial charge in [0.15, 0.2) is 4.34 Å². The zero-order valence-electron chi connectivity index (χ0n) is 13.3. The minimum atomic E-state index is -0.642. The van der Waals surface area contributed by atoms with Gasteiger partial charge in [-0.3, -0.25) is 4.79 Å². The third-order valence-corrected chi connectivity index (χ3v) is 4.75. The number of nitrogens with zero attached hydrogens (tertiary/aromatic N) is 2. The van der Waals surface area contributed by atoms with E-state index < -0.39 is 17.8 Å². The second-order valence-corrected chi connectivity index (χ2v) is 6.72. The maximum Gasteiger partial charge on any atom is 0.339 e. The number of carbonyl (C=O) groups excluding carboxylic acids is 3. The number of esters is 2. The molecule has 0 saturated carbocycles. The summed E-state index contributed by atoms with van der Waals surface area (Å²) in [6.45, 7) is 0. The lowest BCUT2D eigenvalue weighted by Gasteiger charge is -2.11. The molecule has 9 nitrogen and oxygen atoms in total. The average Bonchev–Trinajstić information content (AvgIpc) is 3.04. The van der Waals surface area contributed by atoms with Crippen LogP contribution in [0.1, 0.15) is 20.7 Å². The molecule has 11 heteroatoms. The molecule has 0 radical (unpaired) electrons. The smallest absolute Gasteiger partial charge is 0.339 e. The Kier molecular flexibility index (Phi) is 6.31. The predicted molar refractivity (Wildman–Crippen MR) is 92.8 cm³/mol. The second-order valence-electron chi connectivity index (χ2n) is 4.49. The van der Waals surface area contributed by atoms with Crippen molar-refractivity contribution in [3.63, 3.8) is 0 Å². The van der Waals surface area contributed by atoms with E-state index >= 15 is 0 Å². The molecule has 0 aliphatic rings. The topological polar surface area (TPSA) is 134 Å². The Morgan fingerprint density at radius 2 is 1.92 bits per heavy atom. The fourth-order valence-corrected chi connectivity index (χ4v) is 3.21. The van der Waals surface area contributed by atoms with Crippen molar-refractivity contribution in [2.75, 3.05) is 31.0 Å². The van der Waals surface area contributed by atoms with Gasteiger partial charge in [-0.15, -0.1) is 10.2 Å². The van der Waals surface area contributed by atoms with Gasteiger partial charge in [0.2, 0.25) is 11.0 Å². The van der Waals surface area contributed by atoms with Crippen LogP contribution in [0.2, 0.25) is 0 Å². The summed E-state index contributed by atoms with van der Waals surface area (Å²) in [7, 11) is 2.46. The molecule has 0 aliphatic carbocycles.